The minimum atomic E-state index is -0.304. The highest BCUT2D eigenvalue weighted by atomic mass is 35.5. The zero-order valence-corrected chi connectivity index (χ0v) is 18.9. The summed E-state index contributed by atoms with van der Waals surface area (Å²) in [6.07, 6.45) is 1.48. The van der Waals surface area contributed by atoms with Crippen molar-refractivity contribution in [3.05, 3.63) is 93.5 Å². The number of halogens is 1. The van der Waals surface area contributed by atoms with Crippen LogP contribution in [-0.2, 0) is 4.79 Å². The van der Waals surface area contributed by atoms with Gasteiger partial charge in [0.05, 0.1) is 11.2 Å². The summed E-state index contributed by atoms with van der Waals surface area (Å²) < 4.78 is 5.53. The first-order valence-electron chi connectivity index (χ1n) is 10.0. The highest BCUT2D eigenvalue weighted by molar-refractivity contribution is 6.32. The molecule has 0 bridgehead atoms. The molecule has 0 aromatic heterocycles. The van der Waals surface area contributed by atoms with Gasteiger partial charge >= 0.3 is 0 Å². The van der Waals surface area contributed by atoms with E-state index in [0.29, 0.717) is 27.6 Å². The third-order valence-corrected chi connectivity index (χ3v) is 5.09. The van der Waals surface area contributed by atoms with E-state index >= 15 is 0 Å². The summed E-state index contributed by atoms with van der Waals surface area (Å²) in [5, 5.41) is 7.09. The van der Waals surface area contributed by atoms with Crippen LogP contribution in [0, 0.1) is 20.8 Å². The lowest BCUT2D eigenvalue weighted by molar-refractivity contribution is -0.118. The number of benzene rings is 3. The fourth-order valence-corrected chi connectivity index (χ4v) is 3.05. The van der Waals surface area contributed by atoms with E-state index in [0.717, 1.165) is 16.7 Å². The van der Waals surface area contributed by atoms with E-state index < -0.39 is 0 Å². The summed E-state index contributed by atoms with van der Waals surface area (Å²) in [5.74, 6) is -0.210. The number of nitrogens with zero attached hydrogens (tertiary/aromatic N) is 1. The second-order valence-corrected chi connectivity index (χ2v) is 7.80. The smallest absolute Gasteiger partial charge is 0.271 e. The standard InChI is InChI=1S/C25H24ClN3O3/c1-16-4-8-20(9-5-16)25(31)29-27-14-19-7-11-23(22(26)13-19)32-15-24(30)28-21-10-6-17(2)18(3)12-21/h4-14H,15H2,1-3H3,(H,28,30)(H,29,31)/b27-14+. The lowest BCUT2D eigenvalue weighted by atomic mass is 10.1. The third kappa shape index (κ3) is 6.43. The minimum absolute atomic E-state index is 0.174. The monoisotopic (exact) mass is 449 g/mol. The SMILES string of the molecule is Cc1ccc(C(=O)N/N=C/c2ccc(OCC(=O)Nc3ccc(C)c(C)c3)c(Cl)c2)cc1. The van der Waals surface area contributed by atoms with Crippen molar-refractivity contribution >= 4 is 35.3 Å². The van der Waals surface area contributed by atoms with Gasteiger partial charge in [0.2, 0.25) is 0 Å². The molecule has 7 heteroatoms. The largest absolute Gasteiger partial charge is 0.482 e. The Morgan fingerprint density at radius 1 is 0.969 bits per heavy atom. The molecule has 0 aliphatic carbocycles. The van der Waals surface area contributed by atoms with Gasteiger partial charge in [-0.05, 0) is 79.9 Å². The molecule has 0 aliphatic heterocycles. The summed E-state index contributed by atoms with van der Waals surface area (Å²) in [6.45, 7) is 5.78. The molecule has 0 fully saturated rings. The highest BCUT2D eigenvalue weighted by Crippen LogP contribution is 2.25. The summed E-state index contributed by atoms with van der Waals surface area (Å²) >= 11 is 6.26. The highest BCUT2D eigenvalue weighted by Gasteiger charge is 2.08. The van der Waals surface area contributed by atoms with Crippen molar-refractivity contribution in [2.75, 3.05) is 11.9 Å². The second kappa shape index (κ2) is 10.6. The number of aryl methyl sites for hydroxylation is 3. The molecule has 2 N–H and O–H groups in total. The predicted molar refractivity (Wildman–Crippen MR) is 128 cm³/mol. The van der Waals surface area contributed by atoms with E-state index in [-0.39, 0.29) is 18.4 Å². The van der Waals surface area contributed by atoms with Gasteiger partial charge in [-0.1, -0.05) is 35.4 Å². The first kappa shape index (κ1) is 23.0. The van der Waals surface area contributed by atoms with Gasteiger partial charge in [0.15, 0.2) is 6.61 Å². The molecule has 0 spiro atoms. The van der Waals surface area contributed by atoms with Crippen molar-refractivity contribution in [2.45, 2.75) is 20.8 Å². The van der Waals surface area contributed by atoms with E-state index in [4.69, 9.17) is 16.3 Å². The quantitative estimate of drug-likeness (QED) is 0.391. The molecule has 2 amide bonds. The molecule has 6 nitrogen and oxygen atoms in total. The topological polar surface area (TPSA) is 79.8 Å². The molecule has 0 saturated carbocycles. The van der Waals surface area contributed by atoms with Crippen LogP contribution in [0.1, 0.15) is 32.6 Å². The number of nitrogens with one attached hydrogen (secondary N) is 2. The van der Waals surface area contributed by atoms with E-state index in [1.165, 1.54) is 6.21 Å². The molecule has 0 unspecified atom stereocenters. The number of carbonyl (C=O) groups excluding carboxylic acids is 2. The van der Waals surface area contributed by atoms with Crippen molar-refractivity contribution in [1.82, 2.24) is 5.43 Å². The number of hydrogen-bond donors (Lipinski definition) is 2. The van der Waals surface area contributed by atoms with Gasteiger partial charge < -0.3 is 10.1 Å². The van der Waals surface area contributed by atoms with Crippen LogP contribution in [-0.4, -0.2) is 24.6 Å². The Morgan fingerprint density at radius 2 is 1.72 bits per heavy atom. The molecular formula is C25H24ClN3O3. The zero-order valence-electron chi connectivity index (χ0n) is 18.1. The number of anilines is 1. The first-order chi connectivity index (χ1) is 15.3. The fraction of sp³-hybridized carbons (Fsp3) is 0.160. The molecule has 3 rings (SSSR count). The number of rotatable bonds is 7. The molecule has 0 radical (unpaired) electrons. The van der Waals surface area contributed by atoms with E-state index in [9.17, 15) is 9.59 Å². The van der Waals surface area contributed by atoms with E-state index in [1.54, 1.807) is 30.3 Å². The van der Waals surface area contributed by atoms with Crippen LogP contribution in [0.3, 0.4) is 0 Å². The van der Waals surface area contributed by atoms with Gasteiger partial charge in [-0.2, -0.15) is 5.10 Å². The minimum Gasteiger partial charge on any atom is -0.482 e. The van der Waals surface area contributed by atoms with Crippen molar-refractivity contribution in [2.24, 2.45) is 5.10 Å². The van der Waals surface area contributed by atoms with Crippen molar-refractivity contribution in [3.8, 4) is 5.75 Å². The van der Waals surface area contributed by atoms with Gasteiger partial charge in [-0.15, -0.1) is 0 Å². The van der Waals surface area contributed by atoms with Crippen molar-refractivity contribution in [3.63, 3.8) is 0 Å². The van der Waals surface area contributed by atoms with Gasteiger partial charge in [0, 0.05) is 11.3 Å². The molecule has 164 valence electrons. The van der Waals surface area contributed by atoms with Crippen LogP contribution in [0.4, 0.5) is 5.69 Å². The number of carbonyl (C=O) groups is 2. The number of hydrogen-bond acceptors (Lipinski definition) is 4. The molecule has 0 heterocycles. The lowest BCUT2D eigenvalue weighted by Gasteiger charge is -2.10. The van der Waals surface area contributed by atoms with Gasteiger partial charge in [0.1, 0.15) is 5.75 Å². The molecule has 0 saturated heterocycles. The zero-order chi connectivity index (χ0) is 23.1. The molecule has 32 heavy (non-hydrogen) atoms. The van der Waals surface area contributed by atoms with Crippen LogP contribution < -0.4 is 15.5 Å². The Balaban J connectivity index is 1.52. The molecule has 0 atom stereocenters. The average molecular weight is 450 g/mol. The van der Waals surface area contributed by atoms with Gasteiger partial charge in [-0.25, -0.2) is 5.43 Å². The molecule has 0 aliphatic rings. The lowest BCUT2D eigenvalue weighted by Crippen LogP contribution is -2.20. The maximum Gasteiger partial charge on any atom is 0.271 e. The Kier molecular flexibility index (Phi) is 7.63. The Bertz CT molecular complexity index is 1160. The second-order valence-electron chi connectivity index (χ2n) is 7.39. The van der Waals surface area contributed by atoms with Crippen LogP contribution in [0.5, 0.6) is 5.75 Å². The van der Waals surface area contributed by atoms with Crippen molar-refractivity contribution < 1.29 is 14.3 Å². The summed E-state index contributed by atoms with van der Waals surface area (Å²) in [6, 6.07) is 17.9. The Labute approximate surface area is 192 Å². The summed E-state index contributed by atoms with van der Waals surface area (Å²) in [7, 11) is 0. The summed E-state index contributed by atoms with van der Waals surface area (Å²) in [4.78, 5) is 24.2. The Morgan fingerprint density at radius 3 is 2.41 bits per heavy atom. The van der Waals surface area contributed by atoms with Crippen LogP contribution >= 0.6 is 11.6 Å². The summed E-state index contributed by atoms with van der Waals surface area (Å²) in [5.41, 5.74) is 7.71. The normalized spacial score (nSPS) is 10.8. The number of ether oxygens (including phenoxy) is 1. The van der Waals surface area contributed by atoms with Crippen LogP contribution in [0.15, 0.2) is 65.8 Å². The molecular weight excluding hydrogens is 426 g/mol. The third-order valence-electron chi connectivity index (χ3n) is 4.80. The maximum absolute atomic E-state index is 12.2. The molecule has 3 aromatic carbocycles. The van der Waals surface area contributed by atoms with E-state index in [1.807, 2.05) is 51.1 Å². The maximum atomic E-state index is 12.2. The Hall–Kier alpha value is -3.64. The first-order valence-corrected chi connectivity index (χ1v) is 10.4. The van der Waals surface area contributed by atoms with Crippen molar-refractivity contribution in [1.29, 1.82) is 0 Å². The van der Waals surface area contributed by atoms with E-state index in [2.05, 4.69) is 15.8 Å². The van der Waals surface area contributed by atoms with Gasteiger partial charge in [0.25, 0.3) is 11.8 Å². The number of amides is 2. The van der Waals surface area contributed by atoms with Crippen LogP contribution in [0.2, 0.25) is 5.02 Å². The van der Waals surface area contributed by atoms with Crippen LogP contribution in [0.25, 0.3) is 0 Å². The number of hydrazone groups is 1. The van der Waals surface area contributed by atoms with Gasteiger partial charge in [-0.3, -0.25) is 9.59 Å². The molecule has 3 aromatic rings. The predicted octanol–water partition coefficient (Wildman–Crippen LogP) is 5.05. The average Bonchev–Trinajstić information content (AvgIpc) is 2.76. The fourth-order valence-electron chi connectivity index (χ4n) is 2.81.